The number of alkyl halides is 2. The Bertz CT molecular complexity index is 1400. The van der Waals surface area contributed by atoms with Gasteiger partial charge < -0.3 is 20.0 Å². The molecule has 10 heteroatoms. The molecule has 2 heterocycles. The van der Waals surface area contributed by atoms with Crippen LogP contribution in [0.25, 0.3) is 22.4 Å². The third kappa shape index (κ3) is 6.99. The predicted octanol–water partition coefficient (Wildman–Crippen LogP) is 6.52. The van der Waals surface area contributed by atoms with Gasteiger partial charge in [0.15, 0.2) is 0 Å². The summed E-state index contributed by atoms with van der Waals surface area (Å²) in [6, 6.07) is 14.1. The smallest absolute Gasteiger partial charge is 0.281 e. The Labute approximate surface area is 225 Å². The topological polar surface area (TPSA) is 88.9 Å². The summed E-state index contributed by atoms with van der Waals surface area (Å²) in [4.78, 5) is 30.9. The van der Waals surface area contributed by atoms with Gasteiger partial charge >= 0.3 is 0 Å². The van der Waals surface area contributed by atoms with Gasteiger partial charge in [0.2, 0.25) is 0 Å². The lowest BCUT2D eigenvalue weighted by molar-refractivity contribution is -0.110. The molecule has 0 aliphatic carbocycles. The number of aryl methyl sites for hydroxylation is 1. The second-order valence-corrected chi connectivity index (χ2v) is 9.27. The highest BCUT2D eigenvalue weighted by atomic mass is 35.5. The molecule has 0 saturated heterocycles. The van der Waals surface area contributed by atoms with Crippen LogP contribution in [-0.2, 0) is 17.9 Å². The number of halogens is 3. The zero-order valence-corrected chi connectivity index (χ0v) is 22.4. The Balaban J connectivity index is 0.000000732. The molecule has 0 saturated carbocycles. The van der Waals surface area contributed by atoms with Crippen molar-refractivity contribution < 1.29 is 18.4 Å². The largest absolute Gasteiger partial charge is 0.324 e. The first-order chi connectivity index (χ1) is 18.2. The third-order valence-corrected chi connectivity index (χ3v) is 5.76. The van der Waals surface area contributed by atoms with E-state index in [0.717, 1.165) is 23.2 Å². The number of carbonyl (C=O) groups is 2. The minimum absolute atomic E-state index is 0.154. The standard InChI is InChI=1S/C24H22ClF2N5O.C4H8O/c1-3-32-20-9-8-17(11-19(20)31-23(32)15-4-6-16(25)7-5-15)30-24(33)18-10-14(12-28-2)13-29-21(18)22(26)27;1-4(2)3-5/h4-11,13,22,28H,3,12H2,1-2H3,(H,30,33);3-4H,1-2H3. The molecule has 7 nitrogen and oxygen atoms in total. The van der Waals surface area contributed by atoms with Crippen LogP contribution in [0.2, 0.25) is 5.02 Å². The van der Waals surface area contributed by atoms with Crippen molar-refractivity contribution in [2.45, 2.75) is 40.3 Å². The summed E-state index contributed by atoms with van der Waals surface area (Å²) >= 11 is 6.01. The van der Waals surface area contributed by atoms with Crippen molar-refractivity contribution in [1.29, 1.82) is 0 Å². The van der Waals surface area contributed by atoms with E-state index in [9.17, 15) is 18.4 Å². The van der Waals surface area contributed by atoms with Gasteiger partial charge in [0.05, 0.1) is 16.6 Å². The number of nitrogens with zero attached hydrogens (tertiary/aromatic N) is 3. The van der Waals surface area contributed by atoms with E-state index in [-0.39, 0.29) is 11.5 Å². The molecule has 200 valence electrons. The number of hydrogen-bond donors (Lipinski definition) is 2. The molecule has 4 aromatic rings. The number of benzene rings is 2. The molecular weight excluding hydrogens is 512 g/mol. The van der Waals surface area contributed by atoms with Crippen molar-refractivity contribution >= 4 is 40.5 Å². The van der Waals surface area contributed by atoms with Crippen LogP contribution in [0.1, 0.15) is 48.8 Å². The number of hydrogen-bond acceptors (Lipinski definition) is 5. The van der Waals surface area contributed by atoms with Gasteiger partial charge in [-0.2, -0.15) is 0 Å². The number of aromatic nitrogens is 3. The van der Waals surface area contributed by atoms with Crippen LogP contribution in [0.5, 0.6) is 0 Å². The molecule has 0 unspecified atom stereocenters. The van der Waals surface area contributed by atoms with Crippen LogP contribution in [0.15, 0.2) is 54.7 Å². The highest BCUT2D eigenvalue weighted by molar-refractivity contribution is 6.30. The number of fused-ring (bicyclic) bond motifs is 1. The van der Waals surface area contributed by atoms with Crippen molar-refractivity contribution in [2.75, 3.05) is 12.4 Å². The summed E-state index contributed by atoms with van der Waals surface area (Å²) in [6.45, 7) is 6.83. The molecule has 2 aromatic heterocycles. The second-order valence-electron chi connectivity index (χ2n) is 8.83. The first-order valence-electron chi connectivity index (χ1n) is 12.1. The number of pyridine rings is 1. The van der Waals surface area contributed by atoms with E-state index in [4.69, 9.17) is 16.6 Å². The molecule has 0 radical (unpaired) electrons. The van der Waals surface area contributed by atoms with Crippen molar-refractivity contribution in [3.8, 4) is 11.4 Å². The first kappa shape index (κ1) is 28.9. The summed E-state index contributed by atoms with van der Waals surface area (Å²) in [5.74, 6) is 0.328. The van der Waals surface area contributed by atoms with Crippen LogP contribution < -0.4 is 10.6 Å². The van der Waals surface area contributed by atoms with E-state index in [1.165, 1.54) is 12.3 Å². The normalized spacial score (nSPS) is 11.0. The summed E-state index contributed by atoms with van der Waals surface area (Å²) in [5, 5.41) is 6.27. The lowest BCUT2D eigenvalue weighted by atomic mass is 10.1. The molecule has 2 N–H and O–H groups in total. The average molecular weight is 542 g/mol. The van der Waals surface area contributed by atoms with E-state index in [1.54, 1.807) is 31.3 Å². The molecule has 0 spiro atoms. The van der Waals surface area contributed by atoms with E-state index in [0.29, 0.717) is 34.9 Å². The Morgan fingerprint density at radius 1 is 1.13 bits per heavy atom. The highest BCUT2D eigenvalue weighted by Gasteiger charge is 2.21. The van der Waals surface area contributed by atoms with Gasteiger partial charge in [-0.05, 0) is 68.1 Å². The predicted molar refractivity (Wildman–Crippen MR) is 147 cm³/mol. The maximum Gasteiger partial charge on any atom is 0.281 e. The first-order valence-corrected chi connectivity index (χ1v) is 12.5. The molecule has 4 rings (SSSR count). The molecular formula is C28H30ClF2N5O2. The molecule has 0 fully saturated rings. The maximum absolute atomic E-state index is 13.4. The summed E-state index contributed by atoms with van der Waals surface area (Å²) in [6.07, 6.45) is -0.602. The fourth-order valence-electron chi connectivity index (χ4n) is 3.72. The zero-order valence-electron chi connectivity index (χ0n) is 21.6. The highest BCUT2D eigenvalue weighted by Crippen LogP contribution is 2.28. The van der Waals surface area contributed by atoms with Gasteiger partial charge in [0, 0.05) is 41.5 Å². The Morgan fingerprint density at radius 3 is 2.39 bits per heavy atom. The minimum Gasteiger partial charge on any atom is -0.324 e. The molecule has 0 aliphatic heterocycles. The van der Waals surface area contributed by atoms with Crippen LogP contribution in [-0.4, -0.2) is 33.8 Å². The average Bonchev–Trinajstić information content (AvgIpc) is 3.27. The van der Waals surface area contributed by atoms with Crippen LogP contribution in [0.4, 0.5) is 14.5 Å². The summed E-state index contributed by atoms with van der Waals surface area (Å²) in [5.41, 5.74) is 2.87. The number of rotatable bonds is 8. The molecule has 2 aromatic carbocycles. The fraction of sp³-hybridized carbons (Fsp3) is 0.286. The van der Waals surface area contributed by atoms with Crippen molar-refractivity contribution in [3.05, 3.63) is 76.6 Å². The lowest BCUT2D eigenvalue weighted by Crippen LogP contribution is -2.17. The molecule has 0 aliphatic rings. The number of anilines is 1. The third-order valence-electron chi connectivity index (χ3n) is 5.50. The summed E-state index contributed by atoms with van der Waals surface area (Å²) < 4.78 is 29.0. The van der Waals surface area contributed by atoms with E-state index < -0.39 is 18.0 Å². The Hall–Kier alpha value is -3.69. The molecule has 0 bridgehead atoms. The van der Waals surface area contributed by atoms with Crippen LogP contribution in [0, 0.1) is 5.92 Å². The van der Waals surface area contributed by atoms with Gasteiger partial charge in [0.1, 0.15) is 17.8 Å². The number of carbonyl (C=O) groups excluding carboxylic acids is 2. The molecule has 38 heavy (non-hydrogen) atoms. The monoisotopic (exact) mass is 541 g/mol. The van der Waals surface area contributed by atoms with Crippen molar-refractivity contribution in [2.24, 2.45) is 5.92 Å². The fourth-order valence-corrected chi connectivity index (χ4v) is 3.85. The van der Waals surface area contributed by atoms with Gasteiger partial charge in [-0.1, -0.05) is 25.4 Å². The van der Waals surface area contributed by atoms with E-state index >= 15 is 0 Å². The van der Waals surface area contributed by atoms with E-state index in [2.05, 4.69) is 20.2 Å². The number of imidazole rings is 1. The van der Waals surface area contributed by atoms with Gasteiger partial charge in [-0.25, -0.2) is 13.8 Å². The van der Waals surface area contributed by atoms with E-state index in [1.807, 2.05) is 39.0 Å². The van der Waals surface area contributed by atoms with Gasteiger partial charge in [-0.15, -0.1) is 0 Å². The number of amides is 1. The SMILES string of the molecule is CC(C)C=O.CCn1c(-c2ccc(Cl)cc2)nc2cc(NC(=O)c3cc(CNC)cnc3C(F)F)ccc21. The van der Waals surface area contributed by atoms with Crippen LogP contribution in [0.3, 0.4) is 0 Å². The number of aldehydes is 1. The van der Waals surface area contributed by atoms with Gasteiger partial charge in [-0.3, -0.25) is 9.78 Å². The van der Waals surface area contributed by atoms with Crippen molar-refractivity contribution in [1.82, 2.24) is 19.9 Å². The van der Waals surface area contributed by atoms with Crippen molar-refractivity contribution in [3.63, 3.8) is 0 Å². The quantitative estimate of drug-likeness (QED) is 0.248. The minimum atomic E-state index is -2.86. The van der Waals surface area contributed by atoms with Gasteiger partial charge in [0.25, 0.3) is 12.3 Å². The Kier molecular flexibility index (Phi) is 10.0. The Morgan fingerprint density at radius 2 is 1.82 bits per heavy atom. The lowest BCUT2D eigenvalue weighted by Gasteiger charge is -2.11. The zero-order chi connectivity index (χ0) is 27.8. The second kappa shape index (κ2) is 13.2. The summed E-state index contributed by atoms with van der Waals surface area (Å²) in [7, 11) is 1.73. The molecule has 1 amide bonds. The number of nitrogens with one attached hydrogen (secondary N) is 2. The van der Waals surface area contributed by atoms with Crippen LogP contribution >= 0.6 is 11.6 Å². The maximum atomic E-state index is 13.4. The molecule has 0 atom stereocenters.